The van der Waals surface area contributed by atoms with Crippen LogP contribution in [0.3, 0.4) is 0 Å². The molecule has 2 aromatic rings. The molecular formula is C19H21ClF3N3OS. The van der Waals surface area contributed by atoms with Crippen LogP contribution in [0.15, 0.2) is 29.2 Å². The van der Waals surface area contributed by atoms with Crippen LogP contribution in [0.2, 0.25) is 5.15 Å². The molecule has 0 aliphatic rings. The summed E-state index contributed by atoms with van der Waals surface area (Å²) in [4.78, 5) is 12.7. The summed E-state index contributed by atoms with van der Waals surface area (Å²) in [6, 6.07) is 3.92. The van der Waals surface area contributed by atoms with Crippen LogP contribution in [0, 0.1) is 6.92 Å². The van der Waals surface area contributed by atoms with Crippen LogP contribution in [0.1, 0.15) is 37.1 Å². The number of anilines is 1. The van der Waals surface area contributed by atoms with E-state index in [9.17, 15) is 18.0 Å². The predicted octanol–water partition coefficient (Wildman–Crippen LogP) is 5.94. The minimum atomic E-state index is -4.58. The molecule has 0 bridgehead atoms. The van der Waals surface area contributed by atoms with Crippen molar-refractivity contribution >= 4 is 41.0 Å². The molecule has 1 unspecified atom stereocenters. The first-order valence-electron chi connectivity index (χ1n) is 8.59. The Kier molecular flexibility index (Phi) is 7.22. The number of aryl methyl sites for hydroxylation is 2. The quantitative estimate of drug-likeness (QED) is 0.454. The summed E-state index contributed by atoms with van der Waals surface area (Å²) in [7, 11) is 1.65. The molecule has 152 valence electrons. The maximum Gasteiger partial charge on any atom is 0.418 e. The molecule has 0 fully saturated rings. The van der Waals surface area contributed by atoms with Gasteiger partial charge in [0.05, 0.1) is 16.9 Å². The second-order valence-corrected chi connectivity index (χ2v) is 8.15. The number of aromatic nitrogens is 2. The van der Waals surface area contributed by atoms with Crippen LogP contribution in [0.25, 0.3) is 6.08 Å². The van der Waals surface area contributed by atoms with Gasteiger partial charge in [0.1, 0.15) is 5.15 Å². The zero-order chi connectivity index (χ0) is 21.1. The van der Waals surface area contributed by atoms with Crippen molar-refractivity contribution in [3.8, 4) is 0 Å². The van der Waals surface area contributed by atoms with Crippen molar-refractivity contribution in [2.24, 2.45) is 7.05 Å². The van der Waals surface area contributed by atoms with Gasteiger partial charge in [-0.25, -0.2) is 0 Å². The van der Waals surface area contributed by atoms with Crippen molar-refractivity contribution in [1.82, 2.24) is 9.78 Å². The fraction of sp³-hybridized carbons (Fsp3) is 0.368. The minimum absolute atomic E-state index is 0.192. The van der Waals surface area contributed by atoms with Crippen molar-refractivity contribution in [2.45, 2.75) is 43.5 Å². The molecule has 28 heavy (non-hydrogen) atoms. The molecular weight excluding hydrogens is 411 g/mol. The lowest BCUT2D eigenvalue weighted by atomic mass is 10.1. The molecule has 1 amide bonds. The minimum Gasteiger partial charge on any atom is -0.322 e. The van der Waals surface area contributed by atoms with E-state index in [1.807, 2.05) is 13.8 Å². The zero-order valence-electron chi connectivity index (χ0n) is 15.9. The van der Waals surface area contributed by atoms with E-state index < -0.39 is 17.6 Å². The lowest BCUT2D eigenvalue weighted by Gasteiger charge is -2.16. The second-order valence-electron chi connectivity index (χ2n) is 6.28. The van der Waals surface area contributed by atoms with E-state index in [1.165, 1.54) is 28.6 Å². The Labute approximate surface area is 171 Å². The Morgan fingerprint density at radius 2 is 2.11 bits per heavy atom. The van der Waals surface area contributed by atoms with Crippen LogP contribution in [-0.2, 0) is 18.0 Å². The first kappa shape index (κ1) is 22.4. The number of carbonyl (C=O) groups excluding carboxylic acids is 1. The number of halogens is 4. The van der Waals surface area contributed by atoms with Gasteiger partial charge in [-0.05, 0) is 37.6 Å². The standard InChI is InChI=1S/C19H21ClF3N3OS/c1-5-11(2)28-13-6-8-16(15(10-13)19(21,22)23)24-17(27)9-7-14-12(3)25-26(4)18(14)20/h6-11H,5H2,1-4H3,(H,24,27)/b9-7+. The topological polar surface area (TPSA) is 46.9 Å². The van der Waals surface area contributed by atoms with Crippen molar-refractivity contribution in [3.05, 3.63) is 46.2 Å². The summed E-state index contributed by atoms with van der Waals surface area (Å²) in [6.07, 6.45) is -1.18. The first-order chi connectivity index (χ1) is 13.0. The summed E-state index contributed by atoms with van der Waals surface area (Å²) in [5, 5.41) is 6.94. The number of amides is 1. The number of nitrogens with zero attached hydrogens (tertiary/aromatic N) is 2. The monoisotopic (exact) mass is 431 g/mol. The van der Waals surface area contributed by atoms with E-state index in [2.05, 4.69) is 10.4 Å². The van der Waals surface area contributed by atoms with Crippen molar-refractivity contribution in [1.29, 1.82) is 0 Å². The number of hydrogen-bond donors (Lipinski definition) is 1. The number of benzene rings is 1. The van der Waals surface area contributed by atoms with Crippen molar-refractivity contribution in [3.63, 3.8) is 0 Å². The molecule has 1 aromatic heterocycles. The average molecular weight is 432 g/mol. The fourth-order valence-electron chi connectivity index (χ4n) is 2.42. The third-order valence-electron chi connectivity index (χ3n) is 4.06. The molecule has 1 heterocycles. The summed E-state index contributed by atoms with van der Waals surface area (Å²) in [6.45, 7) is 5.64. The Balaban J connectivity index is 2.24. The highest BCUT2D eigenvalue weighted by Crippen LogP contribution is 2.38. The number of alkyl halides is 3. The summed E-state index contributed by atoms with van der Waals surface area (Å²) in [5.41, 5.74) is -0.0163. The van der Waals surface area contributed by atoms with Gasteiger partial charge in [0.25, 0.3) is 0 Å². The molecule has 0 saturated carbocycles. The number of hydrogen-bond acceptors (Lipinski definition) is 3. The molecule has 2 rings (SSSR count). The van der Waals surface area contributed by atoms with Gasteiger partial charge in [0.15, 0.2) is 0 Å². The lowest BCUT2D eigenvalue weighted by Crippen LogP contribution is -2.15. The van der Waals surface area contributed by atoms with E-state index in [1.54, 1.807) is 20.0 Å². The van der Waals surface area contributed by atoms with E-state index >= 15 is 0 Å². The van der Waals surface area contributed by atoms with Gasteiger partial charge in [-0.1, -0.05) is 25.4 Å². The number of carbonyl (C=O) groups is 1. The van der Waals surface area contributed by atoms with Crippen LogP contribution in [-0.4, -0.2) is 20.9 Å². The van der Waals surface area contributed by atoms with Gasteiger partial charge < -0.3 is 5.32 Å². The van der Waals surface area contributed by atoms with Crippen LogP contribution in [0.5, 0.6) is 0 Å². The van der Waals surface area contributed by atoms with Gasteiger partial charge in [-0.15, -0.1) is 11.8 Å². The lowest BCUT2D eigenvalue weighted by molar-refractivity contribution is -0.137. The SMILES string of the molecule is CCC(C)Sc1ccc(NC(=O)/C=C/c2c(C)nn(C)c2Cl)c(C(F)(F)F)c1. The molecule has 1 aromatic carbocycles. The summed E-state index contributed by atoms with van der Waals surface area (Å²) >= 11 is 7.44. The normalized spacial score (nSPS) is 13.1. The smallest absolute Gasteiger partial charge is 0.322 e. The number of nitrogens with one attached hydrogen (secondary N) is 1. The molecule has 1 atom stereocenters. The third-order valence-corrected chi connectivity index (χ3v) is 5.77. The Morgan fingerprint density at radius 1 is 1.43 bits per heavy atom. The highest BCUT2D eigenvalue weighted by Gasteiger charge is 2.34. The summed E-state index contributed by atoms with van der Waals surface area (Å²) in [5.74, 6) is -0.688. The molecule has 0 saturated heterocycles. The van der Waals surface area contributed by atoms with Crippen molar-refractivity contribution in [2.75, 3.05) is 5.32 Å². The Hall–Kier alpha value is -1.93. The van der Waals surface area contributed by atoms with E-state index in [0.717, 1.165) is 18.6 Å². The molecule has 0 aliphatic carbocycles. The first-order valence-corrected chi connectivity index (χ1v) is 9.84. The molecule has 0 radical (unpaired) electrons. The third kappa shape index (κ3) is 5.54. The Bertz CT molecular complexity index is 893. The zero-order valence-corrected chi connectivity index (χ0v) is 17.5. The van der Waals surface area contributed by atoms with Crippen molar-refractivity contribution < 1.29 is 18.0 Å². The van der Waals surface area contributed by atoms with Gasteiger partial charge in [-0.2, -0.15) is 18.3 Å². The number of rotatable bonds is 6. The second kappa shape index (κ2) is 9.05. The van der Waals surface area contributed by atoms with Gasteiger partial charge in [0, 0.05) is 28.8 Å². The Morgan fingerprint density at radius 3 is 2.64 bits per heavy atom. The number of thioether (sulfide) groups is 1. The van der Waals surface area contributed by atoms with Gasteiger partial charge in [-0.3, -0.25) is 9.48 Å². The predicted molar refractivity (Wildman–Crippen MR) is 108 cm³/mol. The molecule has 0 spiro atoms. The van der Waals surface area contributed by atoms with Crippen LogP contribution in [0.4, 0.5) is 18.9 Å². The maximum absolute atomic E-state index is 13.5. The molecule has 1 N–H and O–H groups in total. The average Bonchev–Trinajstić information content (AvgIpc) is 2.85. The van der Waals surface area contributed by atoms with Gasteiger partial charge >= 0.3 is 6.18 Å². The van der Waals surface area contributed by atoms with E-state index in [0.29, 0.717) is 21.3 Å². The van der Waals surface area contributed by atoms with Crippen LogP contribution >= 0.6 is 23.4 Å². The van der Waals surface area contributed by atoms with E-state index in [4.69, 9.17) is 11.6 Å². The fourth-order valence-corrected chi connectivity index (χ4v) is 3.63. The molecule has 4 nitrogen and oxygen atoms in total. The molecule has 0 aliphatic heterocycles. The van der Waals surface area contributed by atoms with Gasteiger partial charge in [0.2, 0.25) is 5.91 Å². The molecule has 9 heteroatoms. The largest absolute Gasteiger partial charge is 0.418 e. The van der Waals surface area contributed by atoms with Crippen LogP contribution < -0.4 is 5.32 Å². The van der Waals surface area contributed by atoms with E-state index in [-0.39, 0.29) is 10.9 Å². The highest BCUT2D eigenvalue weighted by atomic mass is 35.5. The maximum atomic E-state index is 13.5. The summed E-state index contributed by atoms with van der Waals surface area (Å²) < 4.78 is 41.8. The highest BCUT2D eigenvalue weighted by molar-refractivity contribution is 7.99.